The number of benzene rings is 1. The molecule has 1 N–H and O–H groups in total. The number of likely N-dealkylation sites (tertiary alicyclic amines) is 1. The summed E-state index contributed by atoms with van der Waals surface area (Å²) in [4.78, 5) is 24.5. The fourth-order valence-corrected chi connectivity index (χ4v) is 3.19. The van der Waals surface area contributed by atoms with E-state index < -0.39 is 4.92 Å². The molecule has 2 fully saturated rings. The van der Waals surface area contributed by atoms with E-state index in [1.807, 2.05) is 4.90 Å². The number of nitrogens with one attached hydrogen (secondary N) is 1. The van der Waals surface area contributed by atoms with Crippen LogP contribution in [-0.4, -0.2) is 40.9 Å². The number of nitrogens with zero attached hydrogens (tertiary/aromatic N) is 2. The zero-order valence-electron chi connectivity index (χ0n) is 11.8. The van der Waals surface area contributed by atoms with Gasteiger partial charge in [-0.1, -0.05) is 12.1 Å². The molecule has 112 valence electrons. The molecule has 2 saturated heterocycles. The third-order valence-corrected chi connectivity index (χ3v) is 4.38. The number of rotatable bonds is 3. The summed E-state index contributed by atoms with van der Waals surface area (Å²) in [6.07, 6.45) is 3.69. The second-order valence-electron chi connectivity index (χ2n) is 5.87. The maximum absolute atomic E-state index is 12.4. The van der Waals surface area contributed by atoms with Gasteiger partial charge < -0.3 is 10.2 Å². The Morgan fingerprint density at radius 2 is 1.95 bits per heavy atom. The van der Waals surface area contributed by atoms with Gasteiger partial charge in [0.2, 0.25) is 5.91 Å². The van der Waals surface area contributed by atoms with E-state index in [1.54, 1.807) is 12.1 Å². The molecule has 6 nitrogen and oxygen atoms in total. The van der Waals surface area contributed by atoms with Crippen molar-refractivity contribution in [3.05, 3.63) is 39.9 Å². The number of fused-ring (bicyclic) bond motifs is 2. The van der Waals surface area contributed by atoms with E-state index in [2.05, 4.69) is 5.32 Å². The Kier molecular flexibility index (Phi) is 3.88. The van der Waals surface area contributed by atoms with E-state index in [9.17, 15) is 14.9 Å². The fraction of sp³-hybridized carbons (Fsp3) is 0.533. The van der Waals surface area contributed by atoms with Gasteiger partial charge in [-0.15, -0.1) is 0 Å². The molecule has 3 rings (SSSR count). The maximum Gasteiger partial charge on any atom is 0.269 e. The normalized spacial score (nSPS) is 24.7. The summed E-state index contributed by atoms with van der Waals surface area (Å²) in [5.41, 5.74) is 0.885. The SMILES string of the molecule is O=C(Cc1ccc([N+](=O)[O-])cc1)N1CCC2CCC(C1)N2. The van der Waals surface area contributed by atoms with E-state index >= 15 is 0 Å². The molecule has 0 saturated carbocycles. The third-order valence-electron chi connectivity index (χ3n) is 4.38. The number of hydrogen-bond acceptors (Lipinski definition) is 4. The van der Waals surface area contributed by atoms with Crippen LogP contribution in [0.25, 0.3) is 0 Å². The molecule has 0 radical (unpaired) electrons. The van der Waals surface area contributed by atoms with Gasteiger partial charge in [0.15, 0.2) is 0 Å². The predicted octanol–water partition coefficient (Wildman–Crippen LogP) is 1.49. The average molecular weight is 289 g/mol. The molecule has 2 bridgehead atoms. The Morgan fingerprint density at radius 1 is 1.24 bits per heavy atom. The summed E-state index contributed by atoms with van der Waals surface area (Å²) >= 11 is 0. The molecular formula is C15H19N3O3. The molecule has 1 aromatic carbocycles. The van der Waals surface area contributed by atoms with Crippen molar-refractivity contribution in [3.63, 3.8) is 0 Å². The van der Waals surface area contributed by atoms with Gasteiger partial charge in [-0.25, -0.2) is 0 Å². The number of nitro benzene ring substituents is 1. The average Bonchev–Trinajstić information content (AvgIpc) is 2.78. The molecular weight excluding hydrogens is 270 g/mol. The van der Waals surface area contributed by atoms with Gasteiger partial charge in [0.1, 0.15) is 0 Å². The zero-order chi connectivity index (χ0) is 14.8. The van der Waals surface area contributed by atoms with Crippen molar-refractivity contribution in [2.75, 3.05) is 13.1 Å². The summed E-state index contributed by atoms with van der Waals surface area (Å²) < 4.78 is 0. The lowest BCUT2D eigenvalue weighted by molar-refractivity contribution is -0.384. The highest BCUT2D eigenvalue weighted by molar-refractivity contribution is 5.79. The molecule has 2 aliphatic heterocycles. The Morgan fingerprint density at radius 3 is 2.67 bits per heavy atom. The van der Waals surface area contributed by atoms with Crippen LogP contribution >= 0.6 is 0 Å². The first-order valence-electron chi connectivity index (χ1n) is 7.39. The summed E-state index contributed by atoms with van der Waals surface area (Å²) in [5.74, 6) is 0.109. The molecule has 2 heterocycles. The van der Waals surface area contributed by atoms with E-state index in [0.717, 1.165) is 31.5 Å². The van der Waals surface area contributed by atoms with Crippen LogP contribution in [0.1, 0.15) is 24.8 Å². The zero-order valence-corrected chi connectivity index (χ0v) is 11.8. The first-order chi connectivity index (χ1) is 10.1. The minimum atomic E-state index is -0.428. The Balaban J connectivity index is 1.61. The summed E-state index contributed by atoms with van der Waals surface area (Å²) in [6, 6.07) is 7.23. The smallest absolute Gasteiger partial charge is 0.269 e. The lowest BCUT2D eigenvalue weighted by atomic mass is 10.1. The van der Waals surface area contributed by atoms with Crippen LogP contribution < -0.4 is 5.32 Å². The van der Waals surface area contributed by atoms with Crippen molar-refractivity contribution >= 4 is 11.6 Å². The van der Waals surface area contributed by atoms with Crippen molar-refractivity contribution < 1.29 is 9.72 Å². The first-order valence-corrected chi connectivity index (χ1v) is 7.39. The number of carbonyl (C=O) groups is 1. The molecule has 6 heteroatoms. The van der Waals surface area contributed by atoms with Gasteiger partial charge in [0.25, 0.3) is 5.69 Å². The van der Waals surface area contributed by atoms with Crippen LogP contribution in [0.4, 0.5) is 5.69 Å². The number of amides is 1. The molecule has 0 spiro atoms. The van der Waals surface area contributed by atoms with Crippen molar-refractivity contribution in [1.82, 2.24) is 10.2 Å². The number of non-ortho nitro benzene ring substituents is 1. The van der Waals surface area contributed by atoms with Gasteiger partial charge in [-0.3, -0.25) is 14.9 Å². The van der Waals surface area contributed by atoms with E-state index in [-0.39, 0.29) is 11.6 Å². The topological polar surface area (TPSA) is 75.5 Å². The number of hydrogen-bond donors (Lipinski definition) is 1. The van der Waals surface area contributed by atoms with Crippen LogP contribution in [0.2, 0.25) is 0 Å². The van der Waals surface area contributed by atoms with Crippen molar-refractivity contribution in [2.45, 2.75) is 37.8 Å². The van der Waals surface area contributed by atoms with Crippen LogP contribution in [-0.2, 0) is 11.2 Å². The minimum absolute atomic E-state index is 0.0579. The number of nitro groups is 1. The highest BCUT2D eigenvalue weighted by atomic mass is 16.6. The highest BCUT2D eigenvalue weighted by Gasteiger charge is 2.30. The van der Waals surface area contributed by atoms with Crippen molar-refractivity contribution in [2.24, 2.45) is 0 Å². The largest absolute Gasteiger partial charge is 0.341 e. The van der Waals surface area contributed by atoms with Gasteiger partial charge in [-0.05, 0) is 24.8 Å². The summed E-state index contributed by atoms with van der Waals surface area (Å²) in [6.45, 7) is 1.59. The maximum atomic E-state index is 12.4. The van der Waals surface area contributed by atoms with Crippen molar-refractivity contribution in [3.8, 4) is 0 Å². The Hall–Kier alpha value is -1.95. The summed E-state index contributed by atoms with van der Waals surface area (Å²) in [7, 11) is 0. The molecule has 2 aliphatic rings. The lowest BCUT2D eigenvalue weighted by Gasteiger charge is -2.24. The van der Waals surface area contributed by atoms with E-state index in [1.165, 1.54) is 18.6 Å². The van der Waals surface area contributed by atoms with Crippen molar-refractivity contribution in [1.29, 1.82) is 0 Å². The Bertz CT molecular complexity index is 544. The third kappa shape index (κ3) is 3.21. The minimum Gasteiger partial charge on any atom is -0.341 e. The Labute approximate surface area is 123 Å². The highest BCUT2D eigenvalue weighted by Crippen LogP contribution is 2.21. The van der Waals surface area contributed by atoms with Gasteiger partial charge in [0, 0.05) is 37.3 Å². The lowest BCUT2D eigenvalue weighted by Crippen LogP contribution is -2.39. The predicted molar refractivity (Wildman–Crippen MR) is 77.9 cm³/mol. The van der Waals surface area contributed by atoms with Gasteiger partial charge in [0.05, 0.1) is 11.3 Å². The first kappa shape index (κ1) is 14.0. The monoisotopic (exact) mass is 289 g/mol. The van der Waals surface area contributed by atoms with Crippen LogP contribution in [0, 0.1) is 10.1 Å². The van der Waals surface area contributed by atoms with Gasteiger partial charge >= 0.3 is 0 Å². The summed E-state index contributed by atoms with van der Waals surface area (Å²) in [5, 5.41) is 14.2. The molecule has 2 atom stereocenters. The van der Waals surface area contributed by atoms with Crippen LogP contribution in [0.15, 0.2) is 24.3 Å². The quantitative estimate of drug-likeness (QED) is 0.675. The molecule has 1 aromatic rings. The number of carbonyl (C=O) groups excluding carboxylic acids is 1. The van der Waals surface area contributed by atoms with E-state index in [0.29, 0.717) is 18.5 Å². The molecule has 2 unspecified atom stereocenters. The molecule has 0 aromatic heterocycles. The second-order valence-corrected chi connectivity index (χ2v) is 5.87. The van der Waals surface area contributed by atoms with Gasteiger partial charge in [-0.2, -0.15) is 0 Å². The molecule has 1 amide bonds. The van der Waals surface area contributed by atoms with E-state index in [4.69, 9.17) is 0 Å². The van der Waals surface area contributed by atoms with Crippen LogP contribution in [0.5, 0.6) is 0 Å². The van der Waals surface area contributed by atoms with Crippen LogP contribution in [0.3, 0.4) is 0 Å². The fourth-order valence-electron chi connectivity index (χ4n) is 3.19. The standard InChI is InChI=1S/C15H19N3O3/c19-15(9-11-1-5-14(6-2-11)18(20)21)17-8-7-12-3-4-13(10-17)16-12/h1-2,5-6,12-13,16H,3-4,7-10H2. The molecule has 0 aliphatic carbocycles. The molecule has 21 heavy (non-hydrogen) atoms. The second kappa shape index (κ2) is 5.81.